The van der Waals surface area contributed by atoms with Gasteiger partial charge in [0.15, 0.2) is 9.90 Å². The van der Waals surface area contributed by atoms with E-state index in [1.54, 1.807) is 12.1 Å². The van der Waals surface area contributed by atoms with Crippen LogP contribution in [0.3, 0.4) is 0 Å². The van der Waals surface area contributed by atoms with Crippen LogP contribution in [-0.4, -0.2) is 30.6 Å². The predicted octanol–water partition coefficient (Wildman–Crippen LogP) is 2.11. The lowest BCUT2D eigenvalue weighted by atomic mass is 10.2. The number of carbonyl (C=O) groups is 1. The zero-order valence-electron chi connectivity index (χ0n) is 13.0. The Kier molecular flexibility index (Phi) is 5.00. The van der Waals surface area contributed by atoms with Crippen molar-refractivity contribution in [3.8, 4) is 0 Å². The smallest absolute Gasteiger partial charge is 0.263 e. The van der Waals surface area contributed by atoms with Gasteiger partial charge in [0.25, 0.3) is 11.5 Å². The molecule has 0 bridgehead atoms. The molecule has 0 aromatic carbocycles. The van der Waals surface area contributed by atoms with E-state index in [4.69, 9.17) is 12.2 Å². The first-order valence-electron chi connectivity index (χ1n) is 7.27. The molecule has 3 aromatic rings. The largest absolute Gasteiger partial charge is 0.328 e. The Bertz CT molecular complexity index is 1030. The predicted molar refractivity (Wildman–Crippen MR) is 97.5 cm³/mol. The van der Waals surface area contributed by atoms with Crippen molar-refractivity contribution in [3.63, 3.8) is 0 Å². The maximum absolute atomic E-state index is 12.1. The highest BCUT2D eigenvalue weighted by atomic mass is 32.1. The number of pyridine rings is 1. The van der Waals surface area contributed by atoms with E-state index < -0.39 is 11.5 Å². The van der Waals surface area contributed by atoms with Crippen molar-refractivity contribution >= 4 is 34.6 Å². The van der Waals surface area contributed by atoms with Crippen LogP contribution in [-0.2, 0) is 13.0 Å². The lowest BCUT2D eigenvalue weighted by molar-refractivity contribution is 0.102. The van der Waals surface area contributed by atoms with Crippen LogP contribution in [0, 0.1) is 4.77 Å². The van der Waals surface area contributed by atoms with Gasteiger partial charge in [0.1, 0.15) is 11.4 Å². The van der Waals surface area contributed by atoms with E-state index in [0.717, 1.165) is 11.5 Å². The number of aromatic nitrogens is 5. The van der Waals surface area contributed by atoms with Crippen molar-refractivity contribution in [1.82, 2.24) is 24.7 Å². The molecule has 0 radical (unpaired) electrons. The summed E-state index contributed by atoms with van der Waals surface area (Å²) in [6.45, 7) is 4.25. The zero-order chi connectivity index (χ0) is 17.8. The molecule has 25 heavy (non-hydrogen) atoms. The number of nitrogens with one attached hydrogen (secondary N) is 3. The molecule has 0 fully saturated rings. The summed E-state index contributed by atoms with van der Waals surface area (Å²) in [5.74, 6) is 0.227. The molecule has 0 aliphatic heterocycles. The standard InChI is InChI=1S/C15H14N6O2S2/c1-2-6-21-11(19-20-15(21)24)7-9-8-25-14(17-9)18-13(23)10-4-3-5-16-12(10)22/h2-5,8H,1,6-7H2,(H,16,22)(H,20,24)(H,17,18,23). The van der Waals surface area contributed by atoms with Crippen LogP contribution in [0.4, 0.5) is 5.13 Å². The van der Waals surface area contributed by atoms with Gasteiger partial charge < -0.3 is 4.98 Å². The van der Waals surface area contributed by atoms with Gasteiger partial charge in [0, 0.05) is 18.1 Å². The lowest BCUT2D eigenvalue weighted by Crippen LogP contribution is -2.22. The van der Waals surface area contributed by atoms with Gasteiger partial charge in [-0.1, -0.05) is 6.08 Å². The summed E-state index contributed by atoms with van der Waals surface area (Å²) in [6.07, 6.45) is 3.66. The maximum atomic E-state index is 12.1. The fourth-order valence-corrected chi connectivity index (χ4v) is 3.11. The molecule has 0 spiro atoms. The number of hydrogen-bond acceptors (Lipinski definition) is 6. The van der Waals surface area contributed by atoms with Crippen LogP contribution in [0.1, 0.15) is 21.9 Å². The normalized spacial score (nSPS) is 10.6. The monoisotopic (exact) mass is 374 g/mol. The lowest BCUT2D eigenvalue weighted by Gasteiger charge is -2.02. The van der Waals surface area contributed by atoms with E-state index in [1.807, 2.05) is 9.95 Å². The van der Waals surface area contributed by atoms with Crippen LogP contribution < -0.4 is 10.9 Å². The molecule has 0 saturated heterocycles. The summed E-state index contributed by atoms with van der Waals surface area (Å²) in [5.41, 5.74) is 0.324. The molecule has 1 amide bonds. The molecule has 3 heterocycles. The van der Waals surface area contributed by atoms with E-state index in [1.165, 1.54) is 23.6 Å². The topological polar surface area (TPSA) is 108 Å². The van der Waals surface area contributed by atoms with Gasteiger partial charge in [-0.2, -0.15) is 5.10 Å². The number of carbonyl (C=O) groups excluding carboxylic acids is 1. The average Bonchev–Trinajstić information content (AvgIpc) is 3.17. The fraction of sp³-hybridized carbons (Fsp3) is 0.133. The highest BCUT2D eigenvalue weighted by Crippen LogP contribution is 2.18. The van der Waals surface area contributed by atoms with Crippen LogP contribution >= 0.6 is 23.6 Å². The number of anilines is 1. The van der Waals surface area contributed by atoms with Crippen LogP contribution in [0.15, 0.2) is 41.2 Å². The van der Waals surface area contributed by atoms with Crippen molar-refractivity contribution < 1.29 is 4.79 Å². The van der Waals surface area contributed by atoms with E-state index in [0.29, 0.717) is 22.9 Å². The van der Waals surface area contributed by atoms with Gasteiger partial charge in [-0.25, -0.2) is 4.98 Å². The van der Waals surface area contributed by atoms with Crippen molar-refractivity contribution in [2.24, 2.45) is 0 Å². The van der Waals surface area contributed by atoms with Crippen LogP contribution in [0.5, 0.6) is 0 Å². The van der Waals surface area contributed by atoms with Gasteiger partial charge in [-0.05, 0) is 24.4 Å². The average molecular weight is 374 g/mol. The highest BCUT2D eigenvalue weighted by Gasteiger charge is 2.13. The summed E-state index contributed by atoms with van der Waals surface area (Å²) in [6, 6.07) is 3.04. The summed E-state index contributed by atoms with van der Waals surface area (Å²) in [4.78, 5) is 30.6. The molecule has 0 saturated carbocycles. The first-order valence-corrected chi connectivity index (χ1v) is 8.55. The minimum atomic E-state index is -0.503. The van der Waals surface area contributed by atoms with Gasteiger partial charge >= 0.3 is 0 Å². The number of allylic oxidation sites excluding steroid dienone is 1. The molecule has 0 unspecified atom stereocenters. The number of rotatable bonds is 6. The highest BCUT2D eigenvalue weighted by molar-refractivity contribution is 7.71. The second kappa shape index (κ2) is 7.36. The third-order valence-electron chi connectivity index (χ3n) is 3.32. The molecule has 3 N–H and O–H groups in total. The minimum absolute atomic E-state index is 0.0334. The van der Waals surface area contributed by atoms with E-state index >= 15 is 0 Å². The summed E-state index contributed by atoms with van der Waals surface area (Å²) in [5, 5.41) is 11.8. The second-order valence-corrected chi connectivity index (χ2v) is 6.28. The minimum Gasteiger partial charge on any atom is -0.328 e. The molecule has 0 aliphatic carbocycles. The molecular formula is C15H14N6O2S2. The first kappa shape index (κ1) is 17.0. The molecule has 10 heteroatoms. The Morgan fingerprint density at radius 1 is 1.52 bits per heavy atom. The van der Waals surface area contributed by atoms with Crippen molar-refractivity contribution in [3.05, 3.63) is 68.6 Å². The molecule has 0 aliphatic rings. The van der Waals surface area contributed by atoms with Crippen LogP contribution in [0.2, 0.25) is 0 Å². The number of amides is 1. The molecule has 3 rings (SSSR count). The SMILES string of the molecule is C=CCn1c(Cc2csc(NC(=O)c3ccc[nH]c3=O)n2)n[nH]c1=S. The summed E-state index contributed by atoms with van der Waals surface area (Å²) in [7, 11) is 0. The molecule has 3 aromatic heterocycles. The van der Waals surface area contributed by atoms with Crippen molar-refractivity contribution in [2.75, 3.05) is 5.32 Å². The number of H-pyrrole nitrogens is 2. The molecule has 0 atom stereocenters. The molecule has 8 nitrogen and oxygen atoms in total. The Morgan fingerprint density at radius 2 is 2.36 bits per heavy atom. The van der Waals surface area contributed by atoms with E-state index in [-0.39, 0.29) is 5.56 Å². The quantitative estimate of drug-likeness (QED) is 0.452. The van der Waals surface area contributed by atoms with Gasteiger partial charge in [-0.3, -0.25) is 24.6 Å². The van der Waals surface area contributed by atoms with Crippen LogP contribution in [0.25, 0.3) is 0 Å². The number of thiazole rings is 1. The fourth-order valence-electron chi connectivity index (χ4n) is 2.18. The third kappa shape index (κ3) is 3.80. The Balaban J connectivity index is 1.74. The van der Waals surface area contributed by atoms with Gasteiger partial charge in [0.2, 0.25) is 0 Å². The van der Waals surface area contributed by atoms with E-state index in [2.05, 4.69) is 32.1 Å². The molecular weight excluding hydrogens is 360 g/mol. The second-order valence-electron chi connectivity index (χ2n) is 5.03. The van der Waals surface area contributed by atoms with Crippen molar-refractivity contribution in [1.29, 1.82) is 0 Å². The molecule has 128 valence electrons. The zero-order valence-corrected chi connectivity index (χ0v) is 14.6. The Labute approximate surface area is 151 Å². The number of aromatic amines is 2. The van der Waals surface area contributed by atoms with Crippen molar-refractivity contribution in [2.45, 2.75) is 13.0 Å². The Morgan fingerprint density at radius 3 is 3.12 bits per heavy atom. The van der Waals surface area contributed by atoms with Gasteiger partial charge in [-0.15, -0.1) is 17.9 Å². The van der Waals surface area contributed by atoms with Gasteiger partial charge in [0.05, 0.1) is 12.1 Å². The maximum Gasteiger partial charge on any atom is 0.263 e. The number of nitrogens with zero attached hydrogens (tertiary/aromatic N) is 3. The third-order valence-corrected chi connectivity index (χ3v) is 4.44. The Hall–Kier alpha value is -2.85. The number of hydrogen-bond donors (Lipinski definition) is 3. The first-order chi connectivity index (χ1) is 12.1. The van der Waals surface area contributed by atoms with E-state index in [9.17, 15) is 9.59 Å². The summed E-state index contributed by atoms with van der Waals surface area (Å²) >= 11 is 6.45. The summed E-state index contributed by atoms with van der Waals surface area (Å²) < 4.78 is 2.34.